The van der Waals surface area contributed by atoms with Crippen LogP contribution >= 0.6 is 0 Å². The lowest BCUT2D eigenvalue weighted by Crippen LogP contribution is -2.02. The molecule has 4 heteroatoms. The maximum absolute atomic E-state index is 5.69. The first-order valence-electron chi connectivity index (χ1n) is 6.70. The Morgan fingerprint density at radius 3 is 2.85 bits per heavy atom. The normalized spacial score (nSPS) is 11.2. The van der Waals surface area contributed by atoms with Crippen LogP contribution in [0.5, 0.6) is 0 Å². The van der Waals surface area contributed by atoms with Crippen molar-refractivity contribution >= 4 is 11.2 Å². The van der Waals surface area contributed by atoms with Gasteiger partial charge in [0, 0.05) is 24.7 Å². The number of pyridine rings is 1. The smallest absolute Gasteiger partial charge is 0.198 e. The van der Waals surface area contributed by atoms with Gasteiger partial charge in [0.15, 0.2) is 17.1 Å². The van der Waals surface area contributed by atoms with Gasteiger partial charge in [0.05, 0.1) is 0 Å². The highest BCUT2D eigenvalue weighted by atomic mass is 16.3. The highest BCUT2D eigenvalue weighted by Gasteiger charge is 2.09. The molecule has 1 aromatic carbocycles. The molecule has 2 N–H and O–H groups in total. The van der Waals surface area contributed by atoms with E-state index in [1.54, 1.807) is 0 Å². The fourth-order valence-electron chi connectivity index (χ4n) is 2.29. The van der Waals surface area contributed by atoms with Gasteiger partial charge < -0.3 is 10.2 Å². The quantitative estimate of drug-likeness (QED) is 0.792. The standard InChI is InChI=1S/C16H17N3O/c1-10-3-4-11(2)13(7-10)12-8-14-16(18-9-12)19-15(20-14)5-6-17/h3-4,7-9H,5-6,17H2,1-2H3. The second kappa shape index (κ2) is 5.06. The third-order valence-electron chi connectivity index (χ3n) is 3.35. The zero-order valence-corrected chi connectivity index (χ0v) is 11.7. The summed E-state index contributed by atoms with van der Waals surface area (Å²) in [5.41, 5.74) is 11.6. The van der Waals surface area contributed by atoms with Crippen LogP contribution in [0.4, 0.5) is 0 Å². The summed E-state index contributed by atoms with van der Waals surface area (Å²) < 4.78 is 5.69. The van der Waals surface area contributed by atoms with Crippen LogP contribution in [0, 0.1) is 13.8 Å². The maximum atomic E-state index is 5.69. The number of aryl methyl sites for hydroxylation is 2. The summed E-state index contributed by atoms with van der Waals surface area (Å²) in [5.74, 6) is 0.646. The van der Waals surface area contributed by atoms with E-state index >= 15 is 0 Å². The lowest BCUT2D eigenvalue weighted by atomic mass is 10.00. The molecule has 2 aromatic heterocycles. The lowest BCUT2D eigenvalue weighted by Gasteiger charge is -2.06. The Bertz CT molecular complexity index is 762. The minimum Gasteiger partial charge on any atom is -0.439 e. The Labute approximate surface area is 117 Å². The number of benzene rings is 1. The summed E-state index contributed by atoms with van der Waals surface area (Å²) in [6, 6.07) is 8.39. The first-order chi connectivity index (χ1) is 9.67. The third kappa shape index (κ3) is 2.30. The van der Waals surface area contributed by atoms with Crippen LogP contribution in [0.15, 0.2) is 34.9 Å². The molecular weight excluding hydrogens is 250 g/mol. The molecule has 0 radical (unpaired) electrons. The molecule has 3 aromatic rings. The van der Waals surface area contributed by atoms with Gasteiger partial charge in [0.25, 0.3) is 0 Å². The molecule has 0 fully saturated rings. The molecule has 0 unspecified atom stereocenters. The summed E-state index contributed by atoms with van der Waals surface area (Å²) in [6.45, 7) is 4.71. The van der Waals surface area contributed by atoms with E-state index in [0.717, 1.165) is 5.56 Å². The van der Waals surface area contributed by atoms with E-state index in [-0.39, 0.29) is 0 Å². The van der Waals surface area contributed by atoms with Crippen LogP contribution in [0.2, 0.25) is 0 Å². The number of rotatable bonds is 3. The van der Waals surface area contributed by atoms with Gasteiger partial charge >= 0.3 is 0 Å². The van der Waals surface area contributed by atoms with Gasteiger partial charge in [-0.2, -0.15) is 4.98 Å². The van der Waals surface area contributed by atoms with E-state index in [1.165, 1.54) is 16.7 Å². The van der Waals surface area contributed by atoms with Crippen molar-refractivity contribution in [2.75, 3.05) is 6.54 Å². The molecule has 102 valence electrons. The Morgan fingerprint density at radius 1 is 1.20 bits per heavy atom. The van der Waals surface area contributed by atoms with Crippen LogP contribution in [0.3, 0.4) is 0 Å². The highest BCUT2D eigenvalue weighted by molar-refractivity contribution is 5.77. The zero-order valence-electron chi connectivity index (χ0n) is 11.7. The van der Waals surface area contributed by atoms with Gasteiger partial charge in [-0.3, -0.25) is 0 Å². The van der Waals surface area contributed by atoms with E-state index in [1.807, 2.05) is 12.3 Å². The fourth-order valence-corrected chi connectivity index (χ4v) is 2.29. The second-order valence-electron chi connectivity index (χ2n) is 5.01. The van der Waals surface area contributed by atoms with Gasteiger partial charge in [0.1, 0.15) is 0 Å². The Hall–Kier alpha value is -2.20. The largest absolute Gasteiger partial charge is 0.439 e. The number of oxazole rings is 1. The average Bonchev–Trinajstić information content (AvgIpc) is 2.83. The molecule has 0 amide bonds. The number of nitrogens with zero attached hydrogens (tertiary/aromatic N) is 2. The molecule has 0 aliphatic rings. The lowest BCUT2D eigenvalue weighted by molar-refractivity contribution is 0.531. The van der Waals surface area contributed by atoms with Crippen molar-refractivity contribution < 1.29 is 4.42 Å². The number of hydrogen-bond donors (Lipinski definition) is 1. The minimum absolute atomic E-state index is 0.524. The first kappa shape index (κ1) is 12.8. The van der Waals surface area contributed by atoms with Crippen molar-refractivity contribution in [2.24, 2.45) is 5.73 Å². The molecule has 0 saturated heterocycles. The summed E-state index contributed by atoms with van der Waals surface area (Å²) in [7, 11) is 0. The van der Waals surface area contributed by atoms with Crippen LogP contribution in [-0.2, 0) is 6.42 Å². The van der Waals surface area contributed by atoms with Crippen molar-refractivity contribution in [3.8, 4) is 11.1 Å². The van der Waals surface area contributed by atoms with E-state index in [2.05, 4.69) is 42.0 Å². The number of aromatic nitrogens is 2. The van der Waals surface area contributed by atoms with Crippen LogP contribution in [0.25, 0.3) is 22.4 Å². The van der Waals surface area contributed by atoms with Crippen molar-refractivity contribution in [2.45, 2.75) is 20.3 Å². The number of fused-ring (bicyclic) bond motifs is 1. The monoisotopic (exact) mass is 267 g/mol. The van der Waals surface area contributed by atoms with Crippen LogP contribution in [-0.4, -0.2) is 16.5 Å². The first-order valence-corrected chi connectivity index (χ1v) is 6.70. The predicted octanol–water partition coefficient (Wildman–Crippen LogP) is 3.01. The predicted molar refractivity (Wildman–Crippen MR) is 79.5 cm³/mol. The van der Waals surface area contributed by atoms with Gasteiger partial charge in [-0.25, -0.2) is 4.98 Å². The van der Waals surface area contributed by atoms with Crippen molar-refractivity contribution in [1.82, 2.24) is 9.97 Å². The molecule has 3 rings (SSSR count). The molecule has 0 saturated carbocycles. The van der Waals surface area contributed by atoms with E-state index in [4.69, 9.17) is 10.2 Å². The molecule has 0 aliphatic heterocycles. The average molecular weight is 267 g/mol. The molecule has 2 heterocycles. The fraction of sp³-hybridized carbons (Fsp3) is 0.250. The minimum atomic E-state index is 0.524. The Kier molecular flexibility index (Phi) is 3.24. The van der Waals surface area contributed by atoms with E-state index in [0.29, 0.717) is 30.1 Å². The van der Waals surface area contributed by atoms with E-state index < -0.39 is 0 Å². The molecule has 20 heavy (non-hydrogen) atoms. The highest BCUT2D eigenvalue weighted by Crippen LogP contribution is 2.26. The maximum Gasteiger partial charge on any atom is 0.198 e. The van der Waals surface area contributed by atoms with Gasteiger partial charge in [0.2, 0.25) is 0 Å². The summed E-state index contributed by atoms with van der Waals surface area (Å²) in [6.07, 6.45) is 2.48. The van der Waals surface area contributed by atoms with Crippen molar-refractivity contribution in [3.05, 3.63) is 47.5 Å². The summed E-state index contributed by atoms with van der Waals surface area (Å²) in [5, 5.41) is 0. The van der Waals surface area contributed by atoms with Gasteiger partial charge in [-0.05, 0) is 31.0 Å². The molecule has 4 nitrogen and oxygen atoms in total. The third-order valence-corrected chi connectivity index (χ3v) is 3.35. The second-order valence-corrected chi connectivity index (χ2v) is 5.01. The molecule has 0 atom stereocenters. The van der Waals surface area contributed by atoms with E-state index in [9.17, 15) is 0 Å². The van der Waals surface area contributed by atoms with Crippen molar-refractivity contribution in [3.63, 3.8) is 0 Å². The molecular formula is C16H17N3O. The van der Waals surface area contributed by atoms with Gasteiger partial charge in [-0.15, -0.1) is 0 Å². The van der Waals surface area contributed by atoms with Crippen LogP contribution < -0.4 is 5.73 Å². The Balaban J connectivity index is 2.10. The Morgan fingerprint density at radius 2 is 2.05 bits per heavy atom. The topological polar surface area (TPSA) is 64.9 Å². The van der Waals surface area contributed by atoms with Crippen LogP contribution in [0.1, 0.15) is 17.0 Å². The summed E-state index contributed by atoms with van der Waals surface area (Å²) >= 11 is 0. The molecule has 0 spiro atoms. The molecule has 0 aliphatic carbocycles. The number of nitrogens with two attached hydrogens (primary N) is 1. The van der Waals surface area contributed by atoms with Gasteiger partial charge in [-0.1, -0.05) is 23.8 Å². The SMILES string of the molecule is Cc1ccc(C)c(-c2cnc3nc(CCN)oc3c2)c1. The zero-order chi connectivity index (χ0) is 14.1. The van der Waals surface area contributed by atoms with Crippen molar-refractivity contribution in [1.29, 1.82) is 0 Å². The summed E-state index contributed by atoms with van der Waals surface area (Å²) in [4.78, 5) is 8.70. The molecule has 0 bridgehead atoms. The number of hydrogen-bond acceptors (Lipinski definition) is 4.